The second kappa shape index (κ2) is 8.18. The molecule has 0 unspecified atom stereocenters. The Labute approximate surface area is 123 Å². The van der Waals surface area contributed by atoms with Crippen molar-refractivity contribution in [2.75, 3.05) is 20.3 Å². The van der Waals surface area contributed by atoms with E-state index < -0.39 is 0 Å². The molecule has 1 aromatic carbocycles. The zero-order valence-electron chi connectivity index (χ0n) is 11.9. The summed E-state index contributed by atoms with van der Waals surface area (Å²) in [5.41, 5.74) is 1.32. The minimum atomic E-state index is -0.287. The summed E-state index contributed by atoms with van der Waals surface area (Å²) in [6.45, 7) is 1.64. The molecule has 112 valence electrons. The van der Waals surface area contributed by atoms with Crippen LogP contribution in [0.15, 0.2) is 40.9 Å². The standard InChI is InChI=1S/C15H18N2O4/c1-19-8-7-16-15(18)14-9-13(21-17-14)11-20-10-12-5-3-2-4-6-12/h2-6,9H,7-8,10-11H2,1H3,(H,16,18). The lowest BCUT2D eigenvalue weighted by Gasteiger charge is -2.01. The van der Waals surface area contributed by atoms with Gasteiger partial charge in [0.2, 0.25) is 0 Å². The van der Waals surface area contributed by atoms with Crippen molar-refractivity contribution in [2.45, 2.75) is 13.2 Å². The second-order valence-electron chi connectivity index (χ2n) is 4.41. The first kappa shape index (κ1) is 15.2. The third-order valence-electron chi connectivity index (χ3n) is 2.74. The second-order valence-corrected chi connectivity index (χ2v) is 4.41. The normalized spacial score (nSPS) is 10.5. The number of ether oxygens (including phenoxy) is 2. The van der Waals surface area contributed by atoms with E-state index in [2.05, 4.69) is 10.5 Å². The number of carbonyl (C=O) groups is 1. The predicted octanol–water partition coefficient (Wildman–Crippen LogP) is 1.77. The Morgan fingerprint density at radius 2 is 2.10 bits per heavy atom. The number of carbonyl (C=O) groups excluding carboxylic acids is 1. The number of nitrogens with zero attached hydrogens (tertiary/aromatic N) is 1. The molecule has 0 radical (unpaired) electrons. The molecule has 0 bridgehead atoms. The van der Waals surface area contributed by atoms with E-state index in [1.807, 2.05) is 30.3 Å². The van der Waals surface area contributed by atoms with Crippen molar-refractivity contribution in [3.05, 3.63) is 53.4 Å². The highest BCUT2D eigenvalue weighted by molar-refractivity contribution is 5.92. The van der Waals surface area contributed by atoms with Gasteiger partial charge in [0.25, 0.3) is 5.91 Å². The number of amides is 1. The van der Waals surface area contributed by atoms with Crippen LogP contribution in [-0.2, 0) is 22.7 Å². The topological polar surface area (TPSA) is 73.6 Å². The highest BCUT2D eigenvalue weighted by Crippen LogP contribution is 2.07. The molecule has 0 atom stereocenters. The molecule has 1 aromatic heterocycles. The van der Waals surface area contributed by atoms with Crippen molar-refractivity contribution in [1.82, 2.24) is 10.5 Å². The third-order valence-corrected chi connectivity index (χ3v) is 2.74. The Kier molecular flexibility index (Phi) is 5.93. The lowest BCUT2D eigenvalue weighted by atomic mass is 10.2. The summed E-state index contributed by atoms with van der Waals surface area (Å²) in [6.07, 6.45) is 0. The van der Waals surface area contributed by atoms with Gasteiger partial charge in [0, 0.05) is 19.7 Å². The van der Waals surface area contributed by atoms with Crippen molar-refractivity contribution in [2.24, 2.45) is 0 Å². The molecule has 2 rings (SSSR count). The summed E-state index contributed by atoms with van der Waals surface area (Å²) in [5, 5.41) is 6.38. The van der Waals surface area contributed by atoms with E-state index in [-0.39, 0.29) is 18.2 Å². The Hall–Kier alpha value is -2.18. The van der Waals surface area contributed by atoms with Gasteiger partial charge < -0.3 is 19.3 Å². The average Bonchev–Trinajstić information content (AvgIpc) is 2.97. The molecular formula is C15H18N2O4. The maximum atomic E-state index is 11.7. The summed E-state index contributed by atoms with van der Waals surface area (Å²) in [6, 6.07) is 11.4. The molecule has 0 saturated carbocycles. The lowest BCUT2D eigenvalue weighted by molar-refractivity contribution is 0.0876. The molecule has 1 N–H and O–H groups in total. The van der Waals surface area contributed by atoms with E-state index in [1.165, 1.54) is 0 Å². The van der Waals surface area contributed by atoms with Crippen molar-refractivity contribution < 1.29 is 18.8 Å². The van der Waals surface area contributed by atoms with Crippen LogP contribution in [0.4, 0.5) is 0 Å². The fourth-order valence-corrected chi connectivity index (χ4v) is 1.69. The number of nitrogens with one attached hydrogen (secondary N) is 1. The van der Waals surface area contributed by atoms with Gasteiger partial charge in [-0.3, -0.25) is 4.79 Å². The van der Waals surface area contributed by atoms with Crippen LogP contribution in [0.1, 0.15) is 21.8 Å². The molecule has 2 aromatic rings. The summed E-state index contributed by atoms with van der Waals surface area (Å²) in [5.74, 6) is 0.230. The predicted molar refractivity (Wildman–Crippen MR) is 75.6 cm³/mol. The van der Waals surface area contributed by atoms with Crippen LogP contribution < -0.4 is 5.32 Å². The third kappa shape index (κ3) is 5.02. The Bertz CT molecular complexity index is 554. The first-order valence-electron chi connectivity index (χ1n) is 6.64. The number of hydrogen-bond donors (Lipinski definition) is 1. The first-order valence-corrected chi connectivity index (χ1v) is 6.64. The summed E-state index contributed by atoms with van der Waals surface area (Å²) in [7, 11) is 1.57. The van der Waals surface area contributed by atoms with Crippen LogP contribution in [-0.4, -0.2) is 31.3 Å². The molecule has 21 heavy (non-hydrogen) atoms. The number of rotatable bonds is 8. The molecular weight excluding hydrogens is 272 g/mol. The molecule has 0 aliphatic heterocycles. The van der Waals surface area contributed by atoms with E-state index in [0.29, 0.717) is 25.5 Å². The minimum absolute atomic E-state index is 0.240. The van der Waals surface area contributed by atoms with Gasteiger partial charge in [-0.15, -0.1) is 0 Å². The quantitative estimate of drug-likeness (QED) is 0.750. The van der Waals surface area contributed by atoms with Gasteiger partial charge in [0.1, 0.15) is 6.61 Å². The molecule has 6 heteroatoms. The summed E-state index contributed by atoms with van der Waals surface area (Å²) < 4.78 is 15.4. The van der Waals surface area contributed by atoms with Crippen LogP contribution in [0.3, 0.4) is 0 Å². The van der Waals surface area contributed by atoms with Crippen molar-refractivity contribution in [1.29, 1.82) is 0 Å². The molecule has 0 aliphatic carbocycles. The minimum Gasteiger partial charge on any atom is -0.383 e. The Balaban J connectivity index is 1.76. The van der Waals surface area contributed by atoms with E-state index in [0.717, 1.165) is 5.56 Å². The zero-order chi connectivity index (χ0) is 14.9. The monoisotopic (exact) mass is 290 g/mol. The molecule has 0 saturated heterocycles. The van der Waals surface area contributed by atoms with Gasteiger partial charge in [-0.1, -0.05) is 35.5 Å². The largest absolute Gasteiger partial charge is 0.383 e. The van der Waals surface area contributed by atoms with Crippen molar-refractivity contribution >= 4 is 5.91 Å². The Morgan fingerprint density at radius 1 is 1.29 bits per heavy atom. The van der Waals surface area contributed by atoms with E-state index in [1.54, 1.807) is 13.2 Å². The first-order chi connectivity index (χ1) is 10.3. The van der Waals surface area contributed by atoms with Crippen LogP contribution in [0.5, 0.6) is 0 Å². The number of hydrogen-bond acceptors (Lipinski definition) is 5. The van der Waals surface area contributed by atoms with Crippen LogP contribution in [0.2, 0.25) is 0 Å². The number of aromatic nitrogens is 1. The fraction of sp³-hybridized carbons (Fsp3) is 0.333. The van der Waals surface area contributed by atoms with Crippen LogP contribution in [0.25, 0.3) is 0 Å². The van der Waals surface area contributed by atoms with E-state index in [4.69, 9.17) is 14.0 Å². The van der Waals surface area contributed by atoms with Gasteiger partial charge in [-0.05, 0) is 5.56 Å². The van der Waals surface area contributed by atoms with E-state index >= 15 is 0 Å². The Morgan fingerprint density at radius 3 is 2.86 bits per heavy atom. The lowest BCUT2D eigenvalue weighted by Crippen LogP contribution is -2.27. The summed E-state index contributed by atoms with van der Waals surface area (Å²) in [4.78, 5) is 11.7. The molecule has 0 aliphatic rings. The highest BCUT2D eigenvalue weighted by atomic mass is 16.5. The maximum Gasteiger partial charge on any atom is 0.273 e. The SMILES string of the molecule is COCCNC(=O)c1cc(COCc2ccccc2)on1. The van der Waals surface area contributed by atoms with Gasteiger partial charge in [-0.25, -0.2) is 0 Å². The molecule has 6 nitrogen and oxygen atoms in total. The number of benzene rings is 1. The van der Waals surface area contributed by atoms with E-state index in [9.17, 15) is 4.79 Å². The molecule has 0 spiro atoms. The van der Waals surface area contributed by atoms with Gasteiger partial charge in [0.15, 0.2) is 11.5 Å². The highest BCUT2D eigenvalue weighted by Gasteiger charge is 2.11. The summed E-state index contributed by atoms with van der Waals surface area (Å²) >= 11 is 0. The fourth-order valence-electron chi connectivity index (χ4n) is 1.69. The maximum absolute atomic E-state index is 11.7. The van der Waals surface area contributed by atoms with Crippen LogP contribution in [0, 0.1) is 0 Å². The van der Waals surface area contributed by atoms with Gasteiger partial charge in [0.05, 0.1) is 13.2 Å². The van der Waals surface area contributed by atoms with Crippen molar-refractivity contribution in [3.63, 3.8) is 0 Å². The average molecular weight is 290 g/mol. The van der Waals surface area contributed by atoms with Crippen LogP contribution >= 0.6 is 0 Å². The van der Waals surface area contributed by atoms with Crippen molar-refractivity contribution in [3.8, 4) is 0 Å². The molecule has 0 fully saturated rings. The van der Waals surface area contributed by atoms with Gasteiger partial charge >= 0.3 is 0 Å². The zero-order valence-corrected chi connectivity index (χ0v) is 11.9. The molecule has 1 heterocycles. The number of methoxy groups -OCH3 is 1. The van der Waals surface area contributed by atoms with Gasteiger partial charge in [-0.2, -0.15) is 0 Å². The molecule has 1 amide bonds. The smallest absolute Gasteiger partial charge is 0.273 e.